The minimum absolute atomic E-state index is 0.0630. The van der Waals surface area contributed by atoms with Crippen molar-refractivity contribution in [3.63, 3.8) is 0 Å². The monoisotopic (exact) mass is 390 g/mol. The maximum absolute atomic E-state index is 12.8. The summed E-state index contributed by atoms with van der Waals surface area (Å²) in [5.41, 5.74) is 3.97. The van der Waals surface area contributed by atoms with Crippen LogP contribution in [0.4, 0.5) is 5.82 Å². The molecular formula is C24H30N4O. The summed E-state index contributed by atoms with van der Waals surface area (Å²) in [6, 6.07) is 4.17. The fourth-order valence-corrected chi connectivity index (χ4v) is 5.39. The van der Waals surface area contributed by atoms with Crippen LogP contribution in [-0.2, 0) is 11.2 Å². The molecule has 2 saturated heterocycles. The molecule has 152 valence electrons. The van der Waals surface area contributed by atoms with E-state index in [1.54, 1.807) is 0 Å². The number of likely N-dealkylation sites (N-methyl/N-ethyl adjacent to an activating group) is 1. The Morgan fingerprint density at radius 1 is 1.00 bits per heavy atom. The first-order valence-electron chi connectivity index (χ1n) is 11.0. The average molecular weight is 391 g/mol. The van der Waals surface area contributed by atoms with Crippen molar-refractivity contribution in [1.29, 1.82) is 0 Å². The summed E-state index contributed by atoms with van der Waals surface area (Å²) in [4.78, 5) is 24.9. The van der Waals surface area contributed by atoms with E-state index in [1.807, 2.05) is 0 Å². The number of carbonyl (C=O) groups excluding carboxylic acids is 1. The van der Waals surface area contributed by atoms with Gasteiger partial charge in [0.1, 0.15) is 5.82 Å². The van der Waals surface area contributed by atoms with Gasteiger partial charge in [-0.05, 0) is 49.8 Å². The highest BCUT2D eigenvalue weighted by Gasteiger charge is 2.41. The topological polar surface area (TPSA) is 39.7 Å². The number of carbonyl (C=O) groups is 1. The molecule has 29 heavy (non-hydrogen) atoms. The SMILES string of the molecule is C#CC1=C(N2CCC3(CCC3)CC2)c2nc(N3CCN(C)CC3)ccc2CC1=O. The number of pyridine rings is 1. The van der Waals surface area contributed by atoms with E-state index in [9.17, 15) is 4.79 Å². The standard InChI is InChI=1S/C24H30N4O/c1-3-19-20(29)17-18-5-6-21(27-15-13-26(2)14-16-27)25-22(18)23(19)28-11-9-24(10-12-28)7-4-8-24/h1,5-6H,4,7-17H2,2H3. The summed E-state index contributed by atoms with van der Waals surface area (Å²) in [5.74, 6) is 3.79. The molecule has 1 spiro atoms. The summed E-state index contributed by atoms with van der Waals surface area (Å²) >= 11 is 0. The Morgan fingerprint density at radius 2 is 1.72 bits per heavy atom. The van der Waals surface area contributed by atoms with Gasteiger partial charge in [0.2, 0.25) is 0 Å². The Bertz CT molecular complexity index is 890. The predicted molar refractivity (Wildman–Crippen MR) is 116 cm³/mol. The number of piperazine rings is 1. The van der Waals surface area contributed by atoms with Gasteiger partial charge in [-0.1, -0.05) is 18.4 Å². The minimum Gasteiger partial charge on any atom is -0.369 e. The minimum atomic E-state index is 0.0630. The summed E-state index contributed by atoms with van der Waals surface area (Å²) in [7, 11) is 2.16. The molecule has 4 aliphatic rings. The van der Waals surface area contributed by atoms with Crippen molar-refractivity contribution in [3.05, 3.63) is 29.0 Å². The van der Waals surface area contributed by atoms with Gasteiger partial charge in [0.15, 0.2) is 5.78 Å². The molecule has 3 heterocycles. The second kappa shape index (κ2) is 7.18. The molecule has 0 aromatic carbocycles. The van der Waals surface area contributed by atoms with Gasteiger partial charge in [-0.15, -0.1) is 6.42 Å². The number of rotatable bonds is 2. The number of hydrogen-bond donors (Lipinski definition) is 0. The number of Topliss-reactive ketones (excluding diaryl/α,β-unsaturated/α-hetero) is 1. The van der Waals surface area contributed by atoms with E-state index in [2.05, 4.69) is 39.8 Å². The fraction of sp³-hybridized carbons (Fsp3) is 0.583. The first kappa shape index (κ1) is 18.7. The lowest BCUT2D eigenvalue weighted by Gasteiger charge is -2.49. The smallest absolute Gasteiger partial charge is 0.177 e. The molecule has 0 unspecified atom stereocenters. The molecule has 5 rings (SSSR count). The fourth-order valence-electron chi connectivity index (χ4n) is 5.39. The molecule has 3 fully saturated rings. The third kappa shape index (κ3) is 3.24. The molecule has 1 saturated carbocycles. The molecule has 5 heteroatoms. The summed E-state index contributed by atoms with van der Waals surface area (Å²) in [6.07, 6.45) is 12.7. The number of ketones is 1. The van der Waals surface area contributed by atoms with E-state index in [0.29, 0.717) is 17.4 Å². The second-order valence-electron chi connectivity index (χ2n) is 9.28. The summed E-state index contributed by atoms with van der Waals surface area (Å²) in [5, 5.41) is 0. The number of hydrogen-bond acceptors (Lipinski definition) is 5. The lowest BCUT2D eigenvalue weighted by molar-refractivity contribution is -0.114. The van der Waals surface area contributed by atoms with E-state index < -0.39 is 0 Å². The zero-order valence-electron chi connectivity index (χ0n) is 17.4. The van der Waals surface area contributed by atoms with Crippen LogP contribution in [0.2, 0.25) is 0 Å². The van der Waals surface area contributed by atoms with Crippen LogP contribution in [0.1, 0.15) is 43.4 Å². The molecule has 2 aliphatic carbocycles. The lowest BCUT2D eigenvalue weighted by Crippen LogP contribution is -2.45. The highest BCUT2D eigenvalue weighted by atomic mass is 16.1. The van der Waals surface area contributed by atoms with Crippen molar-refractivity contribution in [3.8, 4) is 12.3 Å². The van der Waals surface area contributed by atoms with E-state index >= 15 is 0 Å². The largest absolute Gasteiger partial charge is 0.369 e. The van der Waals surface area contributed by atoms with Gasteiger partial charge < -0.3 is 14.7 Å². The van der Waals surface area contributed by atoms with E-state index in [1.165, 1.54) is 32.1 Å². The van der Waals surface area contributed by atoms with Gasteiger partial charge in [0.25, 0.3) is 0 Å². The number of terminal acetylenes is 1. The summed E-state index contributed by atoms with van der Waals surface area (Å²) < 4.78 is 0. The normalized spacial score (nSPS) is 24.3. The Hall–Kier alpha value is -2.32. The Morgan fingerprint density at radius 3 is 2.34 bits per heavy atom. The molecule has 0 N–H and O–H groups in total. The van der Waals surface area contributed by atoms with Crippen LogP contribution in [-0.4, -0.2) is 66.9 Å². The molecule has 1 aromatic rings. The van der Waals surface area contributed by atoms with Gasteiger partial charge in [-0.3, -0.25) is 4.79 Å². The van der Waals surface area contributed by atoms with Crippen molar-refractivity contribution in [2.45, 2.75) is 38.5 Å². The second-order valence-corrected chi connectivity index (χ2v) is 9.28. The maximum Gasteiger partial charge on any atom is 0.177 e. The number of likely N-dealkylation sites (tertiary alicyclic amines) is 1. The number of fused-ring (bicyclic) bond motifs is 1. The molecule has 0 atom stereocenters. The highest BCUT2D eigenvalue weighted by molar-refractivity contribution is 6.09. The van der Waals surface area contributed by atoms with Crippen LogP contribution >= 0.6 is 0 Å². The van der Waals surface area contributed by atoms with Gasteiger partial charge in [-0.25, -0.2) is 4.98 Å². The Balaban J connectivity index is 1.48. The lowest BCUT2D eigenvalue weighted by atomic mass is 9.63. The van der Waals surface area contributed by atoms with Crippen LogP contribution in [0.5, 0.6) is 0 Å². The van der Waals surface area contributed by atoms with E-state index in [0.717, 1.165) is 62.0 Å². The van der Waals surface area contributed by atoms with Gasteiger partial charge in [-0.2, -0.15) is 0 Å². The molecule has 0 bridgehead atoms. The number of aromatic nitrogens is 1. The molecule has 5 nitrogen and oxygen atoms in total. The third-order valence-electron chi connectivity index (χ3n) is 7.58. The highest BCUT2D eigenvalue weighted by Crippen LogP contribution is 2.50. The van der Waals surface area contributed by atoms with Gasteiger partial charge >= 0.3 is 0 Å². The van der Waals surface area contributed by atoms with Gasteiger partial charge in [0, 0.05) is 45.7 Å². The molecular weight excluding hydrogens is 360 g/mol. The molecule has 1 aromatic heterocycles. The van der Waals surface area contributed by atoms with Crippen LogP contribution in [0, 0.1) is 17.8 Å². The Labute approximate surface area is 173 Å². The van der Waals surface area contributed by atoms with Crippen molar-refractivity contribution < 1.29 is 4.79 Å². The van der Waals surface area contributed by atoms with E-state index in [-0.39, 0.29) is 5.78 Å². The maximum atomic E-state index is 12.8. The number of nitrogens with zero attached hydrogens (tertiary/aromatic N) is 4. The zero-order valence-corrected chi connectivity index (χ0v) is 17.4. The van der Waals surface area contributed by atoms with E-state index in [4.69, 9.17) is 11.4 Å². The molecule has 0 radical (unpaired) electrons. The van der Waals surface area contributed by atoms with Gasteiger partial charge in [0.05, 0.1) is 17.0 Å². The predicted octanol–water partition coefficient (Wildman–Crippen LogP) is 2.57. The van der Waals surface area contributed by atoms with Crippen molar-refractivity contribution in [2.75, 3.05) is 51.2 Å². The molecule has 2 aliphatic heterocycles. The van der Waals surface area contributed by atoms with Crippen molar-refractivity contribution >= 4 is 17.3 Å². The van der Waals surface area contributed by atoms with Crippen LogP contribution in [0.25, 0.3) is 5.70 Å². The average Bonchev–Trinajstić information content (AvgIpc) is 2.72. The first-order valence-corrected chi connectivity index (χ1v) is 11.0. The number of anilines is 1. The first-order chi connectivity index (χ1) is 14.1. The van der Waals surface area contributed by atoms with Crippen LogP contribution < -0.4 is 4.90 Å². The number of allylic oxidation sites excluding steroid dienone is 1. The quantitative estimate of drug-likeness (QED) is 0.726. The number of piperidine rings is 1. The van der Waals surface area contributed by atoms with Crippen molar-refractivity contribution in [2.24, 2.45) is 5.41 Å². The Kier molecular flexibility index (Phi) is 4.63. The van der Waals surface area contributed by atoms with Crippen LogP contribution in [0.15, 0.2) is 17.7 Å². The zero-order chi connectivity index (χ0) is 20.0. The third-order valence-corrected chi connectivity index (χ3v) is 7.58. The van der Waals surface area contributed by atoms with Crippen LogP contribution in [0.3, 0.4) is 0 Å². The summed E-state index contributed by atoms with van der Waals surface area (Å²) in [6.45, 7) is 6.01. The molecule has 0 amide bonds. The van der Waals surface area contributed by atoms with Crippen molar-refractivity contribution in [1.82, 2.24) is 14.8 Å².